The largest absolute Gasteiger partial charge is 0.494 e. The summed E-state index contributed by atoms with van der Waals surface area (Å²) in [6, 6.07) is 13.5. The van der Waals surface area contributed by atoms with Crippen molar-refractivity contribution in [3.63, 3.8) is 0 Å². The molecule has 2 aromatic rings. The van der Waals surface area contributed by atoms with Crippen LogP contribution in [-0.4, -0.2) is 6.61 Å². The number of anilines is 1. The third kappa shape index (κ3) is 3.15. The Labute approximate surface area is 148 Å². The van der Waals surface area contributed by atoms with Gasteiger partial charge in [0.15, 0.2) is 0 Å². The molecule has 3 atom stereocenters. The fourth-order valence-electron chi connectivity index (χ4n) is 4.00. The molecule has 0 aromatic heterocycles. The molecule has 0 saturated heterocycles. The second kappa shape index (κ2) is 6.91. The van der Waals surface area contributed by atoms with Crippen molar-refractivity contribution in [2.24, 2.45) is 5.92 Å². The van der Waals surface area contributed by atoms with Crippen LogP contribution in [0, 0.1) is 11.7 Å². The Morgan fingerprint density at radius 3 is 2.80 bits per heavy atom. The first kappa shape index (κ1) is 16.2. The van der Waals surface area contributed by atoms with Gasteiger partial charge in [0.05, 0.1) is 12.6 Å². The predicted molar refractivity (Wildman–Crippen MR) is 99.6 cm³/mol. The van der Waals surface area contributed by atoms with E-state index in [1.165, 1.54) is 5.56 Å². The predicted octanol–water partition coefficient (Wildman–Crippen LogP) is 5.83. The molecule has 0 bridgehead atoms. The third-order valence-electron chi connectivity index (χ3n) is 5.33. The molecule has 25 heavy (non-hydrogen) atoms. The highest BCUT2D eigenvalue weighted by atomic mass is 19.1. The summed E-state index contributed by atoms with van der Waals surface area (Å²) in [5.41, 5.74) is 3.62. The van der Waals surface area contributed by atoms with Gasteiger partial charge >= 0.3 is 0 Å². The summed E-state index contributed by atoms with van der Waals surface area (Å²) in [7, 11) is 0. The number of unbranched alkanes of at least 4 members (excludes halogenated alkanes) is 1. The van der Waals surface area contributed by atoms with Crippen molar-refractivity contribution in [1.29, 1.82) is 0 Å². The molecule has 3 unspecified atom stereocenters. The fraction of sp³-hybridized carbons (Fsp3) is 0.364. The first-order chi connectivity index (χ1) is 12.3. The molecule has 0 fully saturated rings. The zero-order valence-corrected chi connectivity index (χ0v) is 14.5. The molecule has 1 aliphatic heterocycles. The number of allylic oxidation sites excluding steroid dienone is 2. The Morgan fingerprint density at radius 2 is 2.00 bits per heavy atom. The summed E-state index contributed by atoms with van der Waals surface area (Å²) in [4.78, 5) is 0. The molecule has 0 amide bonds. The van der Waals surface area contributed by atoms with Crippen LogP contribution in [0.1, 0.15) is 49.3 Å². The highest BCUT2D eigenvalue weighted by Crippen LogP contribution is 2.50. The van der Waals surface area contributed by atoms with E-state index in [0.29, 0.717) is 11.8 Å². The molecular weight excluding hydrogens is 313 g/mol. The van der Waals surface area contributed by atoms with Crippen molar-refractivity contribution >= 4 is 5.69 Å². The van der Waals surface area contributed by atoms with Crippen LogP contribution in [0.3, 0.4) is 0 Å². The lowest BCUT2D eigenvalue weighted by Gasteiger charge is -2.37. The monoisotopic (exact) mass is 337 g/mol. The lowest BCUT2D eigenvalue weighted by Crippen LogP contribution is -2.29. The minimum atomic E-state index is -0.185. The van der Waals surface area contributed by atoms with E-state index in [2.05, 4.69) is 36.5 Å². The van der Waals surface area contributed by atoms with E-state index in [9.17, 15) is 4.39 Å². The van der Waals surface area contributed by atoms with Crippen LogP contribution < -0.4 is 10.1 Å². The molecular formula is C22H24FNO. The second-order valence-electron chi connectivity index (χ2n) is 6.98. The zero-order valence-electron chi connectivity index (χ0n) is 14.5. The number of benzene rings is 2. The van der Waals surface area contributed by atoms with Crippen molar-refractivity contribution in [3.05, 3.63) is 71.6 Å². The summed E-state index contributed by atoms with van der Waals surface area (Å²) in [6.07, 6.45) is 7.84. The molecule has 0 saturated carbocycles. The van der Waals surface area contributed by atoms with Gasteiger partial charge in [-0.3, -0.25) is 0 Å². The Hall–Kier alpha value is -2.29. The van der Waals surface area contributed by atoms with Gasteiger partial charge in [-0.2, -0.15) is 0 Å². The van der Waals surface area contributed by atoms with Gasteiger partial charge in [-0.25, -0.2) is 4.39 Å². The van der Waals surface area contributed by atoms with Gasteiger partial charge in [-0.1, -0.05) is 37.6 Å². The molecule has 0 spiro atoms. The number of halogens is 1. The molecule has 1 N–H and O–H groups in total. The number of ether oxygens (including phenoxy) is 1. The van der Waals surface area contributed by atoms with Crippen LogP contribution in [0.2, 0.25) is 0 Å². The van der Waals surface area contributed by atoms with Gasteiger partial charge in [-0.05, 0) is 60.2 Å². The quantitative estimate of drug-likeness (QED) is 0.547. The maximum absolute atomic E-state index is 13.3. The summed E-state index contributed by atoms with van der Waals surface area (Å²) in [6.45, 7) is 2.94. The maximum Gasteiger partial charge on any atom is 0.123 e. The molecule has 2 aromatic carbocycles. The Balaban J connectivity index is 1.63. The maximum atomic E-state index is 13.3. The molecule has 130 valence electrons. The van der Waals surface area contributed by atoms with Crippen molar-refractivity contribution in [2.75, 3.05) is 11.9 Å². The van der Waals surface area contributed by atoms with E-state index < -0.39 is 0 Å². The average molecular weight is 337 g/mol. The SMILES string of the molecule is CCCCOc1ccc2c(c1)C1C=CCC1C(c1ccc(F)cc1)N2. The standard InChI is InChI=1S/C22H24FNO/c1-2-3-13-25-17-11-12-21-20(14-17)18-5-4-6-19(18)22(24-21)15-7-9-16(23)10-8-15/h4-5,7-12,14,18-19,22,24H,2-3,6,13H2,1H3. The molecule has 1 aliphatic carbocycles. The number of rotatable bonds is 5. The van der Waals surface area contributed by atoms with Crippen molar-refractivity contribution < 1.29 is 9.13 Å². The molecule has 2 aliphatic rings. The summed E-state index contributed by atoms with van der Waals surface area (Å²) in [5.74, 6) is 1.62. The first-order valence-electron chi connectivity index (χ1n) is 9.21. The van der Waals surface area contributed by atoms with Gasteiger partial charge in [0.25, 0.3) is 0 Å². The van der Waals surface area contributed by atoms with Gasteiger partial charge in [0.2, 0.25) is 0 Å². The molecule has 2 nitrogen and oxygen atoms in total. The van der Waals surface area contributed by atoms with Crippen LogP contribution in [0.25, 0.3) is 0 Å². The molecule has 0 radical (unpaired) electrons. The number of hydrogen-bond acceptors (Lipinski definition) is 2. The fourth-order valence-corrected chi connectivity index (χ4v) is 4.00. The van der Waals surface area contributed by atoms with E-state index in [-0.39, 0.29) is 11.9 Å². The number of nitrogens with one attached hydrogen (secondary N) is 1. The summed E-state index contributed by atoms with van der Waals surface area (Å²) >= 11 is 0. The van der Waals surface area contributed by atoms with Gasteiger partial charge < -0.3 is 10.1 Å². The van der Waals surface area contributed by atoms with Gasteiger partial charge in [-0.15, -0.1) is 0 Å². The second-order valence-corrected chi connectivity index (χ2v) is 6.98. The Morgan fingerprint density at radius 1 is 1.16 bits per heavy atom. The lowest BCUT2D eigenvalue weighted by molar-refractivity contribution is 0.308. The smallest absolute Gasteiger partial charge is 0.123 e. The highest BCUT2D eigenvalue weighted by molar-refractivity contribution is 5.61. The highest BCUT2D eigenvalue weighted by Gasteiger charge is 2.37. The lowest BCUT2D eigenvalue weighted by atomic mass is 9.77. The summed E-state index contributed by atoms with van der Waals surface area (Å²) in [5, 5.41) is 3.68. The molecule has 3 heteroatoms. The van der Waals surface area contributed by atoms with E-state index in [1.807, 2.05) is 18.2 Å². The first-order valence-corrected chi connectivity index (χ1v) is 9.21. The summed E-state index contributed by atoms with van der Waals surface area (Å²) < 4.78 is 19.2. The number of hydrogen-bond donors (Lipinski definition) is 1. The number of fused-ring (bicyclic) bond motifs is 3. The molecule has 4 rings (SSSR count). The Bertz CT molecular complexity index is 768. The normalized spacial score (nSPS) is 23.7. The topological polar surface area (TPSA) is 21.3 Å². The van der Waals surface area contributed by atoms with Gasteiger partial charge in [0, 0.05) is 11.6 Å². The zero-order chi connectivity index (χ0) is 17.2. The third-order valence-corrected chi connectivity index (χ3v) is 5.33. The van der Waals surface area contributed by atoms with Crippen LogP contribution in [0.4, 0.5) is 10.1 Å². The Kier molecular flexibility index (Phi) is 4.48. The average Bonchev–Trinajstić information content (AvgIpc) is 3.12. The van der Waals surface area contributed by atoms with E-state index in [4.69, 9.17) is 4.74 Å². The van der Waals surface area contributed by atoms with Crippen LogP contribution >= 0.6 is 0 Å². The van der Waals surface area contributed by atoms with E-state index in [0.717, 1.165) is 42.9 Å². The van der Waals surface area contributed by atoms with E-state index in [1.54, 1.807) is 12.1 Å². The van der Waals surface area contributed by atoms with Crippen molar-refractivity contribution in [2.45, 2.75) is 38.1 Å². The molecule has 1 heterocycles. The van der Waals surface area contributed by atoms with Crippen LogP contribution in [0.5, 0.6) is 5.75 Å². The van der Waals surface area contributed by atoms with Crippen LogP contribution in [0.15, 0.2) is 54.6 Å². The van der Waals surface area contributed by atoms with Crippen LogP contribution in [-0.2, 0) is 0 Å². The van der Waals surface area contributed by atoms with Crippen molar-refractivity contribution in [3.8, 4) is 5.75 Å². The minimum Gasteiger partial charge on any atom is -0.494 e. The van der Waals surface area contributed by atoms with E-state index >= 15 is 0 Å². The van der Waals surface area contributed by atoms with Crippen molar-refractivity contribution in [1.82, 2.24) is 0 Å². The minimum absolute atomic E-state index is 0.185. The van der Waals surface area contributed by atoms with Gasteiger partial charge in [0.1, 0.15) is 11.6 Å².